The molecule has 2 aromatic rings. The van der Waals surface area contributed by atoms with Crippen LogP contribution in [0.3, 0.4) is 0 Å². The highest BCUT2D eigenvalue weighted by Gasteiger charge is 2.35. The van der Waals surface area contributed by atoms with Gasteiger partial charge in [-0.05, 0) is 11.6 Å². The predicted octanol–water partition coefficient (Wildman–Crippen LogP) is 2.37. The van der Waals surface area contributed by atoms with E-state index < -0.39 is 19.1 Å². The Kier molecular flexibility index (Phi) is 4.90. The first kappa shape index (κ1) is 15.4. The molecule has 1 aromatic carbocycles. The molecule has 0 aliphatic carbocycles. The molecule has 0 saturated heterocycles. The number of hydrogen-bond acceptors (Lipinski definition) is 6. The quantitative estimate of drug-likeness (QED) is 0.796. The van der Waals surface area contributed by atoms with Gasteiger partial charge >= 0.3 is 13.3 Å². The topological polar surface area (TPSA) is 93.3 Å². The average molecular weight is 309 g/mol. The molecule has 1 atom stereocenters. The van der Waals surface area contributed by atoms with Gasteiger partial charge in [-0.25, -0.2) is 9.78 Å². The monoisotopic (exact) mass is 309 g/mol. The van der Waals surface area contributed by atoms with Crippen LogP contribution in [0.25, 0.3) is 0 Å². The Morgan fingerprint density at radius 3 is 2.43 bits per heavy atom. The van der Waals surface area contributed by atoms with Gasteiger partial charge < -0.3 is 14.4 Å². The van der Waals surface area contributed by atoms with Crippen LogP contribution in [0, 0.1) is 0 Å². The van der Waals surface area contributed by atoms with Crippen molar-refractivity contribution < 1.29 is 13.6 Å². The summed E-state index contributed by atoms with van der Waals surface area (Å²) in [5, 5.41) is 2.97. The van der Waals surface area contributed by atoms with E-state index in [0.29, 0.717) is 11.4 Å². The Hall–Kier alpha value is -1.95. The van der Waals surface area contributed by atoms with Crippen molar-refractivity contribution in [1.82, 2.24) is 9.97 Å². The standard InChI is InChI=1S/C13H16N3O4P/c1-19-21(18,20-2)12(10-6-4-3-5-7-10)15-11-8-9-14-13(17)16-11/h3-9,12H,1-2H3,(H2,14,15,16,17). The fraction of sp³-hybridized carbons (Fsp3) is 0.231. The molecule has 0 fully saturated rings. The van der Waals surface area contributed by atoms with Gasteiger partial charge in [0.05, 0.1) is 0 Å². The minimum absolute atomic E-state index is 0.373. The van der Waals surface area contributed by atoms with Crippen molar-refractivity contribution in [3.8, 4) is 0 Å². The zero-order valence-electron chi connectivity index (χ0n) is 11.6. The minimum Gasteiger partial charge on any atom is -0.354 e. The van der Waals surface area contributed by atoms with Crippen molar-refractivity contribution >= 4 is 13.4 Å². The molecular weight excluding hydrogens is 293 g/mol. The highest BCUT2D eigenvalue weighted by molar-refractivity contribution is 7.54. The fourth-order valence-corrected chi connectivity index (χ4v) is 3.27. The van der Waals surface area contributed by atoms with E-state index >= 15 is 0 Å². The Labute approximate surface area is 121 Å². The van der Waals surface area contributed by atoms with Gasteiger partial charge in [0.2, 0.25) is 0 Å². The molecule has 7 nitrogen and oxygen atoms in total. The summed E-state index contributed by atoms with van der Waals surface area (Å²) in [4.78, 5) is 17.3. The molecule has 0 bridgehead atoms. The molecule has 21 heavy (non-hydrogen) atoms. The highest BCUT2D eigenvalue weighted by Crippen LogP contribution is 2.59. The van der Waals surface area contributed by atoms with Crippen LogP contribution in [-0.2, 0) is 13.6 Å². The van der Waals surface area contributed by atoms with E-state index in [2.05, 4.69) is 15.3 Å². The summed E-state index contributed by atoms with van der Waals surface area (Å²) in [6.07, 6.45) is 1.35. The van der Waals surface area contributed by atoms with E-state index in [4.69, 9.17) is 9.05 Å². The van der Waals surface area contributed by atoms with Crippen molar-refractivity contribution in [3.63, 3.8) is 0 Å². The maximum Gasteiger partial charge on any atom is 0.356 e. The first-order valence-corrected chi connectivity index (χ1v) is 7.78. The van der Waals surface area contributed by atoms with E-state index in [1.54, 1.807) is 18.2 Å². The molecule has 0 amide bonds. The number of hydrogen-bond donors (Lipinski definition) is 2. The zero-order valence-corrected chi connectivity index (χ0v) is 12.5. The lowest BCUT2D eigenvalue weighted by atomic mass is 10.2. The first-order valence-electron chi connectivity index (χ1n) is 6.17. The second-order valence-corrected chi connectivity index (χ2v) is 6.48. The molecule has 1 aromatic heterocycles. The highest BCUT2D eigenvalue weighted by atomic mass is 31.2. The largest absolute Gasteiger partial charge is 0.356 e. The van der Waals surface area contributed by atoms with Crippen molar-refractivity contribution in [2.45, 2.75) is 5.78 Å². The van der Waals surface area contributed by atoms with Gasteiger partial charge in [0, 0.05) is 20.4 Å². The van der Waals surface area contributed by atoms with Gasteiger partial charge in [0.15, 0.2) is 5.78 Å². The van der Waals surface area contributed by atoms with E-state index in [9.17, 15) is 9.36 Å². The fourth-order valence-electron chi connectivity index (χ4n) is 1.87. The Morgan fingerprint density at radius 1 is 1.19 bits per heavy atom. The van der Waals surface area contributed by atoms with Crippen molar-refractivity contribution in [3.05, 3.63) is 58.6 Å². The van der Waals surface area contributed by atoms with Crippen LogP contribution in [-0.4, -0.2) is 24.2 Å². The van der Waals surface area contributed by atoms with Gasteiger partial charge in [-0.2, -0.15) is 0 Å². The number of H-pyrrole nitrogens is 1. The summed E-state index contributed by atoms with van der Waals surface area (Å²) in [5.74, 6) is -0.384. The number of rotatable bonds is 6. The molecule has 0 saturated carbocycles. The van der Waals surface area contributed by atoms with Crippen molar-refractivity contribution in [1.29, 1.82) is 0 Å². The smallest absolute Gasteiger partial charge is 0.354 e. The normalized spacial score (nSPS) is 12.9. The molecule has 2 N–H and O–H groups in total. The van der Waals surface area contributed by atoms with E-state index in [1.165, 1.54) is 20.4 Å². The van der Waals surface area contributed by atoms with Crippen LogP contribution < -0.4 is 11.0 Å². The van der Waals surface area contributed by atoms with Crippen LogP contribution in [0.1, 0.15) is 11.3 Å². The minimum atomic E-state index is -3.45. The van der Waals surface area contributed by atoms with Gasteiger partial charge in [0.1, 0.15) is 5.82 Å². The summed E-state index contributed by atoms with van der Waals surface area (Å²) in [5.41, 5.74) is 0.207. The Balaban J connectivity index is 2.42. The van der Waals surface area contributed by atoms with E-state index in [1.807, 2.05) is 18.2 Å². The maximum atomic E-state index is 12.7. The molecule has 0 aliphatic heterocycles. The average Bonchev–Trinajstić information content (AvgIpc) is 2.53. The lowest BCUT2D eigenvalue weighted by Gasteiger charge is -2.26. The van der Waals surface area contributed by atoms with Crippen LogP contribution in [0.2, 0.25) is 0 Å². The molecule has 8 heteroatoms. The summed E-state index contributed by atoms with van der Waals surface area (Å²) < 4.78 is 22.9. The van der Waals surface area contributed by atoms with E-state index in [0.717, 1.165) is 0 Å². The lowest BCUT2D eigenvalue weighted by molar-refractivity contribution is 0.268. The van der Waals surface area contributed by atoms with Crippen molar-refractivity contribution in [2.75, 3.05) is 19.5 Å². The molecule has 0 spiro atoms. The molecule has 0 aliphatic rings. The third-order valence-electron chi connectivity index (χ3n) is 2.91. The summed E-state index contributed by atoms with van der Waals surface area (Å²) in [7, 11) is -0.814. The molecule has 112 valence electrons. The molecule has 0 radical (unpaired) electrons. The van der Waals surface area contributed by atoms with Gasteiger partial charge in [-0.15, -0.1) is 0 Å². The summed E-state index contributed by atoms with van der Waals surface area (Å²) in [6, 6.07) is 10.6. The van der Waals surface area contributed by atoms with Gasteiger partial charge in [-0.3, -0.25) is 9.55 Å². The lowest BCUT2D eigenvalue weighted by Crippen LogP contribution is -2.18. The van der Waals surface area contributed by atoms with Crippen LogP contribution in [0.4, 0.5) is 5.82 Å². The first-order chi connectivity index (χ1) is 10.1. The number of aromatic amines is 1. The Morgan fingerprint density at radius 2 is 1.86 bits per heavy atom. The number of benzene rings is 1. The van der Waals surface area contributed by atoms with Crippen LogP contribution in [0.15, 0.2) is 47.4 Å². The van der Waals surface area contributed by atoms with E-state index in [-0.39, 0.29) is 0 Å². The summed E-state index contributed by atoms with van der Waals surface area (Å²) in [6.45, 7) is 0. The SMILES string of the molecule is COP(=O)(OC)C(Nc1ccnc(=O)[nH]1)c1ccccc1. The molecule has 1 unspecified atom stereocenters. The van der Waals surface area contributed by atoms with Crippen molar-refractivity contribution in [2.24, 2.45) is 0 Å². The van der Waals surface area contributed by atoms with Crippen LogP contribution in [0.5, 0.6) is 0 Å². The van der Waals surface area contributed by atoms with Gasteiger partial charge in [-0.1, -0.05) is 30.3 Å². The number of anilines is 1. The summed E-state index contributed by atoms with van der Waals surface area (Å²) >= 11 is 0. The predicted molar refractivity (Wildman–Crippen MR) is 79.3 cm³/mol. The zero-order chi connectivity index (χ0) is 15.3. The third-order valence-corrected chi connectivity index (χ3v) is 4.98. The Bertz CT molecular complexity index is 681. The number of nitrogens with zero attached hydrogens (tertiary/aromatic N) is 1. The third kappa shape index (κ3) is 3.58. The van der Waals surface area contributed by atoms with Gasteiger partial charge in [0.25, 0.3) is 0 Å². The van der Waals surface area contributed by atoms with Crippen LogP contribution >= 0.6 is 7.60 Å². The second kappa shape index (κ2) is 6.67. The molecule has 1 heterocycles. The maximum absolute atomic E-state index is 12.7. The second-order valence-electron chi connectivity index (χ2n) is 4.15. The number of nitrogens with one attached hydrogen (secondary N) is 2. The molecular formula is C13H16N3O4P. The molecule has 2 rings (SSSR count). The number of aromatic nitrogens is 2.